The van der Waals surface area contributed by atoms with Crippen molar-refractivity contribution < 1.29 is 46.5 Å². The van der Waals surface area contributed by atoms with Crippen molar-refractivity contribution in [1.29, 1.82) is 0 Å². The molecule has 2 amide bonds. The second-order valence-corrected chi connectivity index (χ2v) is 14.3. The quantitative estimate of drug-likeness (QED) is 0.154. The molecule has 0 radical (unpaired) electrons. The number of aryl methyl sites for hydroxylation is 1. The van der Waals surface area contributed by atoms with Crippen LogP contribution >= 0.6 is 46.3 Å². The van der Waals surface area contributed by atoms with E-state index in [1.807, 2.05) is 0 Å². The number of sulfonamides is 1. The van der Waals surface area contributed by atoms with Gasteiger partial charge >= 0.3 is 22.8 Å². The molecule has 1 aromatic carbocycles. The van der Waals surface area contributed by atoms with Crippen LogP contribution in [0.2, 0.25) is 10.2 Å². The first kappa shape index (κ1) is 40.1. The highest BCUT2D eigenvalue weighted by atomic mass is 35.5. The number of anilines is 1. The smallest absolute Gasteiger partial charge is 0.341 e. The van der Waals surface area contributed by atoms with Crippen molar-refractivity contribution in [2.75, 3.05) is 32.4 Å². The van der Waals surface area contributed by atoms with Crippen molar-refractivity contribution in [1.82, 2.24) is 33.8 Å². The Morgan fingerprint density at radius 1 is 1.08 bits per heavy atom. The van der Waals surface area contributed by atoms with Gasteiger partial charge in [0.2, 0.25) is 22.5 Å². The number of aromatic nitrogens is 6. The molecule has 1 aliphatic heterocycles. The van der Waals surface area contributed by atoms with Gasteiger partial charge in [0, 0.05) is 25.0 Å². The number of aromatic carboxylic acids is 1. The first-order chi connectivity index (χ1) is 24.6. The van der Waals surface area contributed by atoms with E-state index in [2.05, 4.69) is 30.1 Å². The maximum Gasteiger partial charge on any atom is 0.341 e. The summed E-state index contributed by atoms with van der Waals surface area (Å²) in [6, 6.07) is 2.71. The summed E-state index contributed by atoms with van der Waals surface area (Å²) in [6.45, 7) is 1.32. The first-order valence-electron chi connectivity index (χ1n) is 14.4. The van der Waals surface area contributed by atoms with Gasteiger partial charge in [-0.15, -0.1) is 11.8 Å². The Kier molecular flexibility index (Phi) is 13.3. The lowest BCUT2D eigenvalue weighted by Crippen LogP contribution is -2.36. The Morgan fingerprint density at radius 2 is 1.71 bits per heavy atom. The zero-order valence-corrected chi connectivity index (χ0v) is 31.3. The Bertz CT molecular complexity index is 2240. The van der Waals surface area contributed by atoms with E-state index in [-0.39, 0.29) is 39.0 Å². The normalized spacial score (nSPS) is 12.6. The molecular weight excluding hydrogens is 796 g/mol. The van der Waals surface area contributed by atoms with Crippen LogP contribution in [0.15, 0.2) is 37.9 Å². The minimum atomic E-state index is -4.64. The number of methoxy groups -OCH3 is 3. The van der Waals surface area contributed by atoms with Crippen LogP contribution < -0.4 is 29.2 Å². The highest BCUT2D eigenvalue weighted by molar-refractivity contribution is 8.00. The van der Waals surface area contributed by atoms with Crippen LogP contribution in [0.1, 0.15) is 23.2 Å². The number of esters is 1. The van der Waals surface area contributed by atoms with Crippen LogP contribution in [0, 0.1) is 5.82 Å². The van der Waals surface area contributed by atoms with Crippen LogP contribution in [0.4, 0.5) is 20.8 Å². The van der Waals surface area contributed by atoms with Gasteiger partial charge in [-0.2, -0.15) is 23.5 Å². The highest BCUT2D eigenvalue weighted by Crippen LogP contribution is 2.33. The van der Waals surface area contributed by atoms with Crippen LogP contribution in [-0.2, 0) is 39.7 Å². The van der Waals surface area contributed by atoms with Gasteiger partial charge in [0.15, 0.2) is 10.2 Å². The summed E-state index contributed by atoms with van der Waals surface area (Å²) in [5, 5.41) is 13.6. The van der Waals surface area contributed by atoms with Crippen molar-refractivity contribution in [3.63, 3.8) is 0 Å². The third kappa shape index (κ3) is 9.58. The summed E-state index contributed by atoms with van der Waals surface area (Å²) >= 11 is 13.8. The summed E-state index contributed by atoms with van der Waals surface area (Å²) in [7, 11) is 0.439. The molecule has 3 N–H and O–H groups in total. The number of rotatable bonds is 10. The number of amides is 2. The molecule has 3 aromatic heterocycles. The predicted molar refractivity (Wildman–Crippen MR) is 185 cm³/mol. The number of thioether (sulfide) groups is 1. The lowest BCUT2D eigenvalue weighted by Gasteiger charge is -2.15. The topological polar surface area (TPSA) is 240 Å². The van der Waals surface area contributed by atoms with E-state index in [1.54, 1.807) is 14.1 Å². The molecule has 1 aliphatic rings. The third-order valence-electron chi connectivity index (χ3n) is 6.65. The Hall–Kier alpha value is -4.71. The molecule has 0 spiro atoms. The van der Waals surface area contributed by atoms with E-state index in [1.165, 1.54) is 33.5 Å². The number of hydrogen-bond donors (Lipinski definition) is 3. The van der Waals surface area contributed by atoms with Crippen LogP contribution in [-0.4, -0.2) is 87.7 Å². The zero-order chi connectivity index (χ0) is 38.3. The molecule has 4 aromatic rings. The molecule has 0 bridgehead atoms. The number of fused-ring (bicyclic) bond motifs is 1. The van der Waals surface area contributed by atoms with Gasteiger partial charge in [0.1, 0.15) is 17.1 Å². The molecule has 0 saturated carbocycles. The zero-order valence-electron chi connectivity index (χ0n) is 27.4. The average molecular weight is 825 g/mol. The van der Waals surface area contributed by atoms with Gasteiger partial charge in [-0.25, -0.2) is 28.4 Å². The number of benzene rings is 1. The molecule has 0 fully saturated rings. The fourth-order valence-electron chi connectivity index (χ4n) is 4.36. The van der Waals surface area contributed by atoms with E-state index in [0.29, 0.717) is 27.5 Å². The number of nitrogens with zero attached hydrogens (tertiary/aromatic N) is 7. The van der Waals surface area contributed by atoms with E-state index in [9.17, 15) is 32.0 Å². The van der Waals surface area contributed by atoms with E-state index in [0.717, 1.165) is 49.1 Å². The van der Waals surface area contributed by atoms with Crippen LogP contribution in [0.3, 0.4) is 0 Å². The lowest BCUT2D eigenvalue weighted by atomic mass is 10.3. The summed E-state index contributed by atoms with van der Waals surface area (Å²) in [4.78, 5) is 59.4. The molecule has 19 nitrogen and oxygen atoms in total. The Labute approximate surface area is 311 Å². The Morgan fingerprint density at radius 3 is 2.31 bits per heavy atom. The minimum Gasteiger partial charge on any atom is -0.481 e. The Balaban J connectivity index is 0.000000233. The van der Waals surface area contributed by atoms with Gasteiger partial charge in [0.25, 0.3) is 10.0 Å². The molecular formula is C27H28Cl2FN9O10S3. The van der Waals surface area contributed by atoms with E-state index < -0.39 is 49.6 Å². The standard InChI is InChI=1S/C15H15ClFN3O3S2.C12H13ClN6O7S/c1-23-13(21)8-24-12-7-11(10(17)6-9(12)16)18-14-19-4-2-3-5-20(19)15(22)25-14;1-19-9(7(10(20)21)8(13)17-19)27(23,24)18-12(22)16-11-14-5(25-2)4-6(15-11)26-3/h6-7H,2-5,8H2,1H3;4H,1-3H3,(H,20,21)(H2,14,15,16,18,22). The SMILES string of the molecule is COC(=O)CSc1cc(N=c2sc(=O)n3n2CCCC3)c(F)cc1Cl.COc1cc(OC)nc(NC(=O)NS(=O)(=O)c2c(C(=O)O)c(Cl)nn2C)n1. The summed E-state index contributed by atoms with van der Waals surface area (Å²) in [5.41, 5.74) is -0.696. The van der Waals surface area contributed by atoms with Crippen molar-refractivity contribution in [2.24, 2.45) is 12.0 Å². The van der Waals surface area contributed by atoms with Gasteiger partial charge in [-0.1, -0.05) is 23.2 Å². The van der Waals surface area contributed by atoms with Crippen molar-refractivity contribution in [3.05, 3.63) is 54.2 Å². The number of urea groups is 1. The average Bonchev–Trinajstić information content (AvgIpc) is 3.59. The van der Waals surface area contributed by atoms with Crippen molar-refractivity contribution in [3.8, 4) is 11.8 Å². The van der Waals surface area contributed by atoms with Crippen molar-refractivity contribution in [2.45, 2.75) is 35.9 Å². The number of carbonyl (C=O) groups is 3. The highest BCUT2D eigenvalue weighted by Gasteiger charge is 2.32. The number of carboxylic acid groups (broad SMARTS) is 1. The largest absolute Gasteiger partial charge is 0.481 e. The summed E-state index contributed by atoms with van der Waals surface area (Å²) < 4.78 is 59.2. The molecule has 5 rings (SSSR count). The van der Waals surface area contributed by atoms with Gasteiger partial charge in [0.05, 0.1) is 38.2 Å². The fourth-order valence-corrected chi connectivity index (χ4v) is 7.92. The number of carboxylic acids is 1. The molecule has 0 atom stereocenters. The molecule has 0 unspecified atom stereocenters. The number of hydrogen-bond acceptors (Lipinski definition) is 15. The second-order valence-electron chi connectivity index (χ2n) is 10.1. The molecule has 4 heterocycles. The van der Waals surface area contributed by atoms with Gasteiger partial charge < -0.3 is 19.3 Å². The predicted octanol–water partition coefficient (Wildman–Crippen LogP) is 2.88. The van der Waals surface area contributed by atoms with Crippen LogP contribution in [0.5, 0.6) is 11.8 Å². The summed E-state index contributed by atoms with van der Waals surface area (Å²) in [6.07, 6.45) is 1.90. The maximum atomic E-state index is 14.3. The van der Waals surface area contributed by atoms with E-state index >= 15 is 0 Å². The van der Waals surface area contributed by atoms with E-state index in [4.69, 9.17) is 37.8 Å². The third-order valence-corrected chi connectivity index (χ3v) is 10.7. The van der Waals surface area contributed by atoms with Gasteiger partial charge in [-0.3, -0.25) is 24.3 Å². The maximum absolute atomic E-state index is 14.3. The van der Waals surface area contributed by atoms with Gasteiger partial charge in [-0.05, 0) is 36.3 Å². The first-order valence-corrected chi connectivity index (χ1v) is 18.4. The second kappa shape index (κ2) is 17.2. The minimum absolute atomic E-state index is 0.0478. The summed E-state index contributed by atoms with van der Waals surface area (Å²) in [5.74, 6) is -2.78. The number of ether oxygens (including phenoxy) is 3. The molecule has 0 saturated heterocycles. The molecule has 52 heavy (non-hydrogen) atoms. The molecule has 0 aliphatic carbocycles. The monoisotopic (exact) mass is 823 g/mol. The number of carbonyl (C=O) groups excluding carboxylic acids is 2. The number of halogens is 3. The number of nitrogens with one attached hydrogen (secondary N) is 2. The molecule has 280 valence electrons. The van der Waals surface area contributed by atoms with Crippen LogP contribution in [0.25, 0.3) is 0 Å². The molecule has 25 heteroatoms. The fraction of sp³-hybridized carbons (Fsp3) is 0.333. The lowest BCUT2D eigenvalue weighted by molar-refractivity contribution is -0.137. The van der Waals surface area contributed by atoms with Crippen molar-refractivity contribution >= 4 is 85.9 Å².